The average Bonchev–Trinajstić information content (AvgIpc) is 3.22. The fourth-order valence-electron chi connectivity index (χ4n) is 6.85. The largest absolute Gasteiger partial charge is 0.457 e. The standard InChI is InChI=1S/C48H38N4O/c1-4-51(5-2)37-27-24-35(25-28-37)26-29-40-32-36(47(34-49)50-3)33-41(53-40)30-31-44-42-20-12-14-22-45(42)48(46-23-15-13-21-43(44)46)52(38-16-8-6-9-17-38)39-18-10-7-11-19-39/h6-33H,4-5H2,1-2H3/b29-26+,31-30+,47-36+. The molecule has 1 aliphatic heterocycles. The van der Waals surface area contributed by atoms with Crippen LogP contribution < -0.4 is 9.80 Å². The van der Waals surface area contributed by atoms with Gasteiger partial charge in [-0.3, -0.25) is 0 Å². The lowest BCUT2D eigenvalue weighted by Gasteiger charge is -2.29. The zero-order chi connectivity index (χ0) is 36.6. The Balaban J connectivity index is 1.31. The van der Waals surface area contributed by atoms with Crippen LogP contribution in [-0.2, 0) is 4.74 Å². The summed E-state index contributed by atoms with van der Waals surface area (Å²) in [5.41, 5.74) is 6.99. The summed E-state index contributed by atoms with van der Waals surface area (Å²) < 4.78 is 6.38. The molecule has 0 N–H and O–H groups in total. The van der Waals surface area contributed by atoms with Crippen LogP contribution in [0.1, 0.15) is 25.0 Å². The van der Waals surface area contributed by atoms with Crippen LogP contribution >= 0.6 is 0 Å². The summed E-state index contributed by atoms with van der Waals surface area (Å²) in [7, 11) is 0. The van der Waals surface area contributed by atoms with E-state index in [1.54, 1.807) is 12.2 Å². The highest BCUT2D eigenvalue weighted by molar-refractivity contribution is 6.18. The number of nitriles is 1. The first-order valence-corrected chi connectivity index (χ1v) is 17.8. The molecule has 1 aliphatic rings. The minimum absolute atomic E-state index is 0.0100. The zero-order valence-electron chi connectivity index (χ0n) is 29.8. The third kappa shape index (κ3) is 7.24. The molecular weight excluding hydrogens is 649 g/mol. The molecule has 0 aliphatic carbocycles. The number of hydrogen-bond donors (Lipinski definition) is 0. The predicted octanol–water partition coefficient (Wildman–Crippen LogP) is 12.5. The molecule has 1 heterocycles. The van der Waals surface area contributed by atoms with Crippen LogP contribution in [0.25, 0.3) is 38.5 Å². The molecule has 5 heteroatoms. The van der Waals surface area contributed by atoms with Crippen molar-refractivity contribution in [2.75, 3.05) is 22.9 Å². The fourth-order valence-corrected chi connectivity index (χ4v) is 6.85. The Bertz CT molecular complexity index is 2400. The third-order valence-electron chi connectivity index (χ3n) is 9.40. The van der Waals surface area contributed by atoms with Gasteiger partial charge in [-0.1, -0.05) is 109 Å². The molecule has 256 valence electrons. The van der Waals surface area contributed by atoms with Gasteiger partial charge in [-0.25, -0.2) is 10.1 Å². The molecule has 0 fully saturated rings. The number of ether oxygens (including phenoxy) is 1. The van der Waals surface area contributed by atoms with Gasteiger partial charge in [-0.05, 0) is 102 Å². The smallest absolute Gasteiger partial charge is 0.269 e. The highest BCUT2D eigenvalue weighted by Gasteiger charge is 2.21. The topological polar surface area (TPSA) is 43.9 Å². The number of rotatable bonds is 10. The van der Waals surface area contributed by atoms with Crippen molar-refractivity contribution in [2.24, 2.45) is 0 Å². The summed E-state index contributed by atoms with van der Waals surface area (Å²) in [6.07, 6.45) is 11.4. The van der Waals surface area contributed by atoms with Crippen LogP contribution in [0, 0.1) is 17.9 Å². The maximum absolute atomic E-state index is 9.79. The molecule has 0 aromatic heterocycles. The minimum Gasteiger partial charge on any atom is -0.457 e. The molecule has 53 heavy (non-hydrogen) atoms. The molecule has 6 aromatic carbocycles. The summed E-state index contributed by atoms with van der Waals surface area (Å²) in [5, 5.41) is 14.2. The maximum Gasteiger partial charge on any atom is 0.269 e. The number of hydrogen-bond acceptors (Lipinski definition) is 4. The molecule has 0 unspecified atom stereocenters. The molecular formula is C48H38N4O. The lowest BCUT2D eigenvalue weighted by molar-refractivity contribution is 0.332. The van der Waals surface area contributed by atoms with Crippen LogP contribution in [0.4, 0.5) is 22.7 Å². The monoisotopic (exact) mass is 686 g/mol. The van der Waals surface area contributed by atoms with Gasteiger partial charge in [-0.2, -0.15) is 0 Å². The Morgan fingerprint density at radius 1 is 0.623 bits per heavy atom. The van der Waals surface area contributed by atoms with Gasteiger partial charge in [0.05, 0.1) is 18.3 Å². The summed E-state index contributed by atoms with van der Waals surface area (Å²) in [5.74, 6) is 1.07. The Morgan fingerprint density at radius 3 is 1.60 bits per heavy atom. The number of para-hydroxylation sites is 2. The molecule has 0 amide bonds. The number of nitrogens with zero attached hydrogens (tertiary/aromatic N) is 4. The third-order valence-corrected chi connectivity index (χ3v) is 9.40. The van der Waals surface area contributed by atoms with Crippen molar-refractivity contribution in [2.45, 2.75) is 13.8 Å². The van der Waals surface area contributed by atoms with E-state index in [9.17, 15) is 5.26 Å². The Kier molecular flexibility index (Phi) is 10.3. The van der Waals surface area contributed by atoms with Crippen molar-refractivity contribution in [3.63, 3.8) is 0 Å². The van der Waals surface area contributed by atoms with Crippen LogP contribution in [0.2, 0.25) is 0 Å². The van der Waals surface area contributed by atoms with Crippen molar-refractivity contribution in [1.82, 2.24) is 0 Å². The van der Waals surface area contributed by atoms with E-state index in [1.807, 2.05) is 30.4 Å². The lowest BCUT2D eigenvalue weighted by Crippen LogP contribution is -2.21. The summed E-state index contributed by atoms with van der Waals surface area (Å²) >= 11 is 0. The molecule has 0 bridgehead atoms. The quantitative estimate of drug-likeness (QED) is 0.0817. The minimum atomic E-state index is 0.0100. The molecule has 0 saturated carbocycles. The SMILES string of the molecule is [C-]#[N+]/C(C#N)=C1C=C(/C=C/c2ccc(N(CC)CC)cc2)OC(/C=C/c2c3ccccc3c(N(c3ccccc3)c3ccccc3)c3ccccc23)=C\1. The van der Waals surface area contributed by atoms with Gasteiger partial charge < -0.3 is 14.5 Å². The Morgan fingerprint density at radius 2 is 1.11 bits per heavy atom. The van der Waals surface area contributed by atoms with Gasteiger partial charge in [0.2, 0.25) is 0 Å². The van der Waals surface area contributed by atoms with E-state index in [-0.39, 0.29) is 5.70 Å². The van der Waals surface area contributed by atoms with Gasteiger partial charge in [-0.15, -0.1) is 0 Å². The van der Waals surface area contributed by atoms with Crippen molar-refractivity contribution < 1.29 is 4.74 Å². The molecule has 0 atom stereocenters. The van der Waals surface area contributed by atoms with E-state index in [2.05, 4.69) is 162 Å². The molecule has 0 radical (unpaired) electrons. The van der Waals surface area contributed by atoms with Gasteiger partial charge in [0.25, 0.3) is 5.70 Å². The maximum atomic E-state index is 9.79. The number of fused-ring (bicyclic) bond motifs is 2. The highest BCUT2D eigenvalue weighted by Crippen LogP contribution is 2.45. The molecule has 0 spiro atoms. The predicted molar refractivity (Wildman–Crippen MR) is 221 cm³/mol. The Hall–Kier alpha value is -7.08. The van der Waals surface area contributed by atoms with Crippen molar-refractivity contribution in [1.29, 1.82) is 5.26 Å². The lowest BCUT2D eigenvalue weighted by atomic mass is 9.93. The summed E-state index contributed by atoms with van der Waals surface area (Å²) in [4.78, 5) is 8.13. The molecule has 0 saturated heterocycles. The van der Waals surface area contributed by atoms with E-state index < -0.39 is 0 Å². The number of benzene rings is 6. The van der Waals surface area contributed by atoms with Gasteiger partial charge in [0, 0.05) is 40.9 Å². The average molecular weight is 687 g/mol. The summed E-state index contributed by atoms with van der Waals surface area (Å²) in [6.45, 7) is 13.8. The first-order valence-electron chi connectivity index (χ1n) is 17.8. The van der Waals surface area contributed by atoms with Crippen LogP contribution in [-0.4, -0.2) is 13.1 Å². The summed E-state index contributed by atoms with van der Waals surface area (Å²) in [6, 6.07) is 48.4. The Labute approximate surface area is 311 Å². The zero-order valence-corrected chi connectivity index (χ0v) is 29.8. The van der Waals surface area contributed by atoms with E-state index in [4.69, 9.17) is 11.3 Å². The van der Waals surface area contributed by atoms with E-state index in [1.165, 1.54) is 5.69 Å². The normalized spacial score (nSPS) is 13.7. The van der Waals surface area contributed by atoms with Crippen molar-refractivity contribution in [3.05, 3.63) is 203 Å². The van der Waals surface area contributed by atoms with Crippen LogP contribution in [0.15, 0.2) is 181 Å². The molecule has 5 nitrogen and oxygen atoms in total. The molecule has 7 rings (SSSR count). The van der Waals surface area contributed by atoms with Gasteiger partial charge in [0.1, 0.15) is 11.5 Å². The fraction of sp³-hybridized carbons (Fsp3) is 0.0833. The second-order valence-electron chi connectivity index (χ2n) is 12.5. The van der Waals surface area contributed by atoms with E-state index >= 15 is 0 Å². The van der Waals surface area contributed by atoms with Crippen molar-refractivity contribution in [3.8, 4) is 6.07 Å². The van der Waals surface area contributed by atoms with Gasteiger partial charge in [0.15, 0.2) is 0 Å². The van der Waals surface area contributed by atoms with Crippen LogP contribution in [0.5, 0.6) is 0 Å². The van der Waals surface area contributed by atoms with Gasteiger partial charge >= 0.3 is 0 Å². The first kappa shape index (κ1) is 34.4. The second-order valence-corrected chi connectivity index (χ2v) is 12.5. The number of allylic oxidation sites excluding steroid dienone is 6. The van der Waals surface area contributed by atoms with Crippen molar-refractivity contribution >= 4 is 56.4 Å². The van der Waals surface area contributed by atoms with E-state index in [0.29, 0.717) is 17.1 Å². The highest BCUT2D eigenvalue weighted by atomic mass is 16.5. The van der Waals surface area contributed by atoms with Crippen LogP contribution in [0.3, 0.4) is 0 Å². The first-order chi connectivity index (χ1) is 26.1. The molecule has 6 aromatic rings. The second kappa shape index (κ2) is 15.9. The number of anilines is 4. The van der Waals surface area contributed by atoms with E-state index in [0.717, 1.165) is 62.8 Å².